The number of hydrogen-bond donors (Lipinski definition) is 0. The van der Waals surface area contributed by atoms with E-state index in [1.54, 1.807) is 18.5 Å². The zero-order chi connectivity index (χ0) is 13.5. The highest BCUT2D eigenvalue weighted by Crippen LogP contribution is 2.18. The third-order valence-electron chi connectivity index (χ3n) is 2.80. The van der Waals surface area contributed by atoms with E-state index in [-0.39, 0.29) is 6.04 Å². The molecule has 2 rings (SSSR count). The maximum Gasteiger partial charge on any atom is 0.208 e. The standard InChI is InChI=1S/C16H16N2O/c1-2-8-16(15-11-6-7-12-17-15)18(19)13-14-9-4-3-5-10-14/h2-7,9-13,16H,1,8H2/b18-13-. The second-order valence-electron chi connectivity index (χ2n) is 4.19. The van der Waals surface area contributed by atoms with Gasteiger partial charge in [-0.05, 0) is 24.3 Å². The van der Waals surface area contributed by atoms with E-state index >= 15 is 0 Å². The van der Waals surface area contributed by atoms with Crippen molar-refractivity contribution in [1.82, 2.24) is 4.98 Å². The molecule has 0 aliphatic carbocycles. The Bertz CT molecular complexity index is 549. The summed E-state index contributed by atoms with van der Waals surface area (Å²) in [5, 5.41) is 12.3. The molecule has 0 radical (unpaired) electrons. The normalized spacial score (nSPS) is 12.9. The van der Waals surface area contributed by atoms with Crippen LogP contribution in [0.25, 0.3) is 0 Å². The van der Waals surface area contributed by atoms with Crippen molar-refractivity contribution in [2.24, 2.45) is 0 Å². The average molecular weight is 252 g/mol. The van der Waals surface area contributed by atoms with Crippen LogP contribution in [0.15, 0.2) is 67.4 Å². The second kappa shape index (κ2) is 6.50. The lowest BCUT2D eigenvalue weighted by molar-refractivity contribution is -0.503. The van der Waals surface area contributed by atoms with Crippen LogP contribution in [0.2, 0.25) is 0 Å². The maximum atomic E-state index is 12.3. The average Bonchev–Trinajstić information content (AvgIpc) is 2.46. The lowest BCUT2D eigenvalue weighted by Gasteiger charge is -2.15. The van der Waals surface area contributed by atoms with Crippen LogP contribution in [0.3, 0.4) is 0 Å². The topological polar surface area (TPSA) is 39.0 Å². The van der Waals surface area contributed by atoms with E-state index in [1.165, 1.54) is 0 Å². The molecule has 1 heterocycles. The Kier molecular flexibility index (Phi) is 4.45. The molecule has 0 fully saturated rings. The van der Waals surface area contributed by atoms with Crippen molar-refractivity contribution in [3.05, 3.63) is 83.8 Å². The summed E-state index contributed by atoms with van der Waals surface area (Å²) >= 11 is 0. The number of aromatic nitrogens is 1. The van der Waals surface area contributed by atoms with E-state index < -0.39 is 0 Å². The number of rotatable bonds is 5. The lowest BCUT2D eigenvalue weighted by Crippen LogP contribution is -2.15. The molecule has 0 aliphatic heterocycles. The highest BCUT2D eigenvalue weighted by atomic mass is 16.5. The van der Waals surface area contributed by atoms with Crippen LogP contribution in [0.5, 0.6) is 0 Å². The van der Waals surface area contributed by atoms with E-state index in [2.05, 4.69) is 11.6 Å². The first-order valence-electron chi connectivity index (χ1n) is 6.18. The number of hydroxylamine groups is 1. The molecule has 0 aliphatic rings. The van der Waals surface area contributed by atoms with Gasteiger partial charge in [0.2, 0.25) is 6.04 Å². The van der Waals surface area contributed by atoms with Crippen LogP contribution in [-0.2, 0) is 0 Å². The van der Waals surface area contributed by atoms with Gasteiger partial charge in [-0.1, -0.05) is 30.3 Å². The van der Waals surface area contributed by atoms with Crippen molar-refractivity contribution in [1.29, 1.82) is 0 Å². The summed E-state index contributed by atoms with van der Waals surface area (Å²) in [7, 11) is 0. The summed E-state index contributed by atoms with van der Waals surface area (Å²) in [5.41, 5.74) is 1.63. The molecule has 3 nitrogen and oxygen atoms in total. The molecule has 0 saturated heterocycles. The predicted octanol–water partition coefficient (Wildman–Crippen LogP) is 3.33. The fraction of sp³-hybridized carbons (Fsp3) is 0.125. The van der Waals surface area contributed by atoms with Crippen LogP contribution in [0, 0.1) is 5.21 Å². The zero-order valence-electron chi connectivity index (χ0n) is 10.6. The Morgan fingerprint density at radius 2 is 1.89 bits per heavy atom. The first-order valence-corrected chi connectivity index (χ1v) is 6.18. The molecule has 1 aromatic heterocycles. The first-order chi connectivity index (χ1) is 9.31. The van der Waals surface area contributed by atoms with Gasteiger partial charge in [-0.15, -0.1) is 6.58 Å². The Morgan fingerprint density at radius 1 is 1.16 bits per heavy atom. The molecule has 0 saturated carbocycles. The summed E-state index contributed by atoms with van der Waals surface area (Å²) in [6.45, 7) is 3.71. The summed E-state index contributed by atoms with van der Waals surface area (Å²) in [4.78, 5) is 4.25. The van der Waals surface area contributed by atoms with Crippen molar-refractivity contribution in [3.63, 3.8) is 0 Å². The number of nitrogens with zero attached hydrogens (tertiary/aromatic N) is 2. The Morgan fingerprint density at radius 3 is 2.53 bits per heavy atom. The van der Waals surface area contributed by atoms with Gasteiger partial charge in [0.15, 0.2) is 6.21 Å². The summed E-state index contributed by atoms with van der Waals surface area (Å²) in [5.74, 6) is 0. The van der Waals surface area contributed by atoms with Gasteiger partial charge < -0.3 is 5.21 Å². The van der Waals surface area contributed by atoms with E-state index in [0.29, 0.717) is 6.42 Å². The Balaban J connectivity index is 2.29. The van der Waals surface area contributed by atoms with Gasteiger partial charge in [0.25, 0.3) is 0 Å². The molecule has 96 valence electrons. The molecule has 0 spiro atoms. The third-order valence-corrected chi connectivity index (χ3v) is 2.80. The maximum absolute atomic E-state index is 12.3. The van der Waals surface area contributed by atoms with Gasteiger partial charge in [-0.3, -0.25) is 4.98 Å². The molecule has 1 unspecified atom stereocenters. The Hall–Kier alpha value is -2.42. The third kappa shape index (κ3) is 3.52. The molecule has 0 bridgehead atoms. The van der Waals surface area contributed by atoms with Crippen LogP contribution < -0.4 is 0 Å². The first kappa shape index (κ1) is 13.0. The highest BCUT2D eigenvalue weighted by molar-refractivity contribution is 5.75. The van der Waals surface area contributed by atoms with Crippen molar-refractivity contribution in [2.75, 3.05) is 0 Å². The fourth-order valence-corrected chi connectivity index (χ4v) is 1.86. The quantitative estimate of drug-likeness (QED) is 0.269. The van der Waals surface area contributed by atoms with E-state index in [4.69, 9.17) is 0 Å². The predicted molar refractivity (Wildman–Crippen MR) is 77.0 cm³/mol. The molecule has 1 aromatic carbocycles. The largest absolute Gasteiger partial charge is 0.623 e. The van der Waals surface area contributed by atoms with Gasteiger partial charge >= 0.3 is 0 Å². The number of pyridine rings is 1. The van der Waals surface area contributed by atoms with Gasteiger partial charge in [-0.25, -0.2) is 4.74 Å². The monoisotopic (exact) mass is 252 g/mol. The fourth-order valence-electron chi connectivity index (χ4n) is 1.86. The molecule has 19 heavy (non-hydrogen) atoms. The molecule has 3 heteroatoms. The van der Waals surface area contributed by atoms with Crippen molar-refractivity contribution in [2.45, 2.75) is 12.5 Å². The van der Waals surface area contributed by atoms with E-state index in [1.807, 2.05) is 48.5 Å². The molecular formula is C16H16N2O. The smallest absolute Gasteiger partial charge is 0.208 e. The summed E-state index contributed by atoms with van der Waals surface area (Å²) in [6, 6.07) is 14.8. The highest BCUT2D eigenvalue weighted by Gasteiger charge is 2.18. The zero-order valence-corrected chi connectivity index (χ0v) is 10.6. The van der Waals surface area contributed by atoms with Crippen LogP contribution in [-0.4, -0.2) is 15.9 Å². The van der Waals surface area contributed by atoms with Crippen LogP contribution >= 0.6 is 0 Å². The van der Waals surface area contributed by atoms with E-state index in [9.17, 15) is 5.21 Å². The minimum Gasteiger partial charge on any atom is -0.623 e. The summed E-state index contributed by atoms with van der Waals surface area (Å²) < 4.78 is 0.944. The summed E-state index contributed by atoms with van der Waals surface area (Å²) in [6.07, 6.45) is 5.58. The number of hydrogen-bond acceptors (Lipinski definition) is 2. The molecule has 0 N–H and O–H groups in total. The van der Waals surface area contributed by atoms with Crippen molar-refractivity contribution >= 4 is 6.21 Å². The van der Waals surface area contributed by atoms with Crippen molar-refractivity contribution in [3.8, 4) is 0 Å². The molecular weight excluding hydrogens is 236 g/mol. The lowest BCUT2D eigenvalue weighted by atomic mass is 10.1. The van der Waals surface area contributed by atoms with E-state index in [0.717, 1.165) is 16.0 Å². The SMILES string of the molecule is C=CCC(c1ccccn1)/[N+]([O-])=C/c1ccccc1. The molecule has 1 atom stereocenters. The molecule has 2 aromatic rings. The van der Waals surface area contributed by atoms with Crippen LogP contribution in [0.4, 0.5) is 0 Å². The second-order valence-corrected chi connectivity index (χ2v) is 4.19. The minimum atomic E-state index is -0.334. The Labute approximate surface area is 113 Å². The van der Waals surface area contributed by atoms with Crippen molar-refractivity contribution < 1.29 is 4.74 Å². The van der Waals surface area contributed by atoms with Crippen LogP contribution in [0.1, 0.15) is 23.7 Å². The minimum absolute atomic E-state index is 0.334. The number of benzene rings is 1. The molecule has 0 amide bonds. The van der Waals surface area contributed by atoms with Gasteiger partial charge in [0, 0.05) is 18.2 Å². The van der Waals surface area contributed by atoms with Gasteiger partial charge in [-0.2, -0.15) is 0 Å². The van der Waals surface area contributed by atoms with Gasteiger partial charge in [0.1, 0.15) is 5.69 Å². The van der Waals surface area contributed by atoms with Gasteiger partial charge in [0.05, 0.1) is 0 Å².